The van der Waals surface area contributed by atoms with Gasteiger partial charge in [0.15, 0.2) is 5.65 Å². The van der Waals surface area contributed by atoms with E-state index in [1.165, 1.54) is 5.56 Å². The van der Waals surface area contributed by atoms with Gasteiger partial charge in [0.2, 0.25) is 5.95 Å². The molecule has 2 aromatic rings. The van der Waals surface area contributed by atoms with E-state index in [1.807, 2.05) is 16.8 Å². The zero-order valence-electron chi connectivity index (χ0n) is 10.9. The van der Waals surface area contributed by atoms with Gasteiger partial charge >= 0.3 is 0 Å². The molecule has 5 heteroatoms. The van der Waals surface area contributed by atoms with Crippen LogP contribution in [0.3, 0.4) is 0 Å². The molecule has 2 unspecified atom stereocenters. The molecule has 3 heterocycles. The number of aryl methyl sites for hydroxylation is 1. The summed E-state index contributed by atoms with van der Waals surface area (Å²) in [5, 5.41) is 4.55. The van der Waals surface area contributed by atoms with Crippen LogP contribution in [-0.4, -0.2) is 33.7 Å². The van der Waals surface area contributed by atoms with Crippen molar-refractivity contribution in [1.29, 1.82) is 0 Å². The Labute approximate surface area is 107 Å². The highest BCUT2D eigenvalue weighted by Crippen LogP contribution is 2.26. The molecule has 0 aromatic carbocycles. The molecule has 1 aliphatic rings. The summed E-state index contributed by atoms with van der Waals surface area (Å²) in [7, 11) is 0. The summed E-state index contributed by atoms with van der Waals surface area (Å²) >= 11 is 0. The van der Waals surface area contributed by atoms with Gasteiger partial charge in [-0.2, -0.15) is 4.98 Å². The summed E-state index contributed by atoms with van der Waals surface area (Å²) < 4.78 is 1.84. The molecule has 1 fully saturated rings. The molecule has 2 atom stereocenters. The average Bonchev–Trinajstić information content (AvgIpc) is 2.91. The van der Waals surface area contributed by atoms with Gasteiger partial charge in [-0.15, -0.1) is 5.10 Å². The first-order chi connectivity index (χ1) is 8.67. The minimum Gasteiger partial charge on any atom is -0.336 e. The minimum absolute atomic E-state index is 0.469. The Bertz CT molecular complexity index is 562. The van der Waals surface area contributed by atoms with Gasteiger partial charge in [-0.25, -0.2) is 4.52 Å². The third-order valence-corrected chi connectivity index (χ3v) is 3.73. The number of anilines is 1. The molecule has 18 heavy (non-hydrogen) atoms. The van der Waals surface area contributed by atoms with Crippen LogP contribution in [0.1, 0.15) is 18.9 Å². The molecule has 0 aliphatic carbocycles. The summed E-state index contributed by atoms with van der Waals surface area (Å²) in [5.74, 6) is 1.39. The molecule has 2 N–H and O–H groups in total. The van der Waals surface area contributed by atoms with E-state index in [-0.39, 0.29) is 0 Å². The van der Waals surface area contributed by atoms with Crippen molar-refractivity contribution < 1.29 is 0 Å². The Morgan fingerprint density at radius 2 is 2.33 bits per heavy atom. The fourth-order valence-electron chi connectivity index (χ4n) is 2.69. The van der Waals surface area contributed by atoms with Crippen LogP contribution in [0.15, 0.2) is 18.3 Å². The number of pyridine rings is 1. The predicted molar refractivity (Wildman–Crippen MR) is 71.7 cm³/mol. The smallest absolute Gasteiger partial charge is 0.245 e. The predicted octanol–water partition coefficient (Wildman–Crippen LogP) is 1.21. The third kappa shape index (κ3) is 1.84. The monoisotopic (exact) mass is 245 g/mol. The van der Waals surface area contributed by atoms with Crippen LogP contribution in [0.25, 0.3) is 5.65 Å². The largest absolute Gasteiger partial charge is 0.336 e. The Morgan fingerprint density at radius 3 is 3.06 bits per heavy atom. The normalized spacial score (nSPS) is 24.1. The molecular formula is C13H19N5. The van der Waals surface area contributed by atoms with E-state index < -0.39 is 0 Å². The van der Waals surface area contributed by atoms with E-state index in [0.717, 1.165) is 31.1 Å². The topological polar surface area (TPSA) is 59.5 Å². The van der Waals surface area contributed by atoms with Crippen LogP contribution < -0.4 is 10.6 Å². The Balaban J connectivity index is 1.94. The van der Waals surface area contributed by atoms with E-state index in [1.54, 1.807) is 0 Å². The maximum absolute atomic E-state index is 5.76. The fraction of sp³-hybridized carbons (Fsp3) is 0.538. The molecule has 96 valence electrons. The van der Waals surface area contributed by atoms with Crippen molar-refractivity contribution in [2.75, 3.05) is 18.0 Å². The maximum Gasteiger partial charge on any atom is 0.245 e. The minimum atomic E-state index is 0.469. The molecule has 5 nitrogen and oxygen atoms in total. The highest BCUT2D eigenvalue weighted by molar-refractivity contribution is 5.47. The van der Waals surface area contributed by atoms with Crippen molar-refractivity contribution in [3.05, 3.63) is 23.9 Å². The maximum atomic E-state index is 5.76. The van der Waals surface area contributed by atoms with Gasteiger partial charge in [0.25, 0.3) is 0 Å². The van der Waals surface area contributed by atoms with E-state index >= 15 is 0 Å². The standard InChI is InChI=1S/C13H19N5/c1-9-3-4-18-12(5-9)15-13(16-18)17-8-11(7-14)6-10(17)2/h3-5,10-11H,6-8,14H2,1-2H3. The van der Waals surface area contributed by atoms with Gasteiger partial charge < -0.3 is 10.6 Å². The lowest BCUT2D eigenvalue weighted by Gasteiger charge is -2.18. The molecule has 0 spiro atoms. The van der Waals surface area contributed by atoms with Crippen LogP contribution in [0.5, 0.6) is 0 Å². The second-order valence-electron chi connectivity index (χ2n) is 5.26. The summed E-state index contributed by atoms with van der Waals surface area (Å²) in [5.41, 5.74) is 7.87. The molecule has 1 aliphatic heterocycles. The third-order valence-electron chi connectivity index (χ3n) is 3.73. The van der Waals surface area contributed by atoms with Gasteiger partial charge in [0.1, 0.15) is 0 Å². The first-order valence-corrected chi connectivity index (χ1v) is 6.47. The van der Waals surface area contributed by atoms with Crippen LogP contribution in [-0.2, 0) is 0 Å². The molecular weight excluding hydrogens is 226 g/mol. The first-order valence-electron chi connectivity index (χ1n) is 6.47. The molecule has 0 bridgehead atoms. The molecule has 0 amide bonds. The number of nitrogens with two attached hydrogens (primary N) is 1. The van der Waals surface area contributed by atoms with Crippen LogP contribution in [0.2, 0.25) is 0 Å². The van der Waals surface area contributed by atoms with E-state index in [0.29, 0.717) is 12.0 Å². The number of fused-ring (bicyclic) bond motifs is 1. The van der Waals surface area contributed by atoms with E-state index in [4.69, 9.17) is 5.73 Å². The Kier molecular flexibility index (Phi) is 2.70. The zero-order chi connectivity index (χ0) is 12.7. The lowest BCUT2D eigenvalue weighted by molar-refractivity contribution is 0.579. The van der Waals surface area contributed by atoms with Gasteiger partial charge in [-0.05, 0) is 50.4 Å². The van der Waals surface area contributed by atoms with Crippen molar-refractivity contribution >= 4 is 11.6 Å². The summed E-state index contributed by atoms with van der Waals surface area (Å²) in [6.07, 6.45) is 3.09. The molecule has 0 radical (unpaired) electrons. The summed E-state index contributed by atoms with van der Waals surface area (Å²) in [6.45, 7) is 5.99. The van der Waals surface area contributed by atoms with Crippen LogP contribution >= 0.6 is 0 Å². The van der Waals surface area contributed by atoms with Gasteiger partial charge in [0.05, 0.1) is 0 Å². The van der Waals surface area contributed by atoms with Crippen LogP contribution in [0.4, 0.5) is 5.95 Å². The van der Waals surface area contributed by atoms with Crippen molar-refractivity contribution in [3.8, 4) is 0 Å². The van der Waals surface area contributed by atoms with Crippen molar-refractivity contribution in [3.63, 3.8) is 0 Å². The van der Waals surface area contributed by atoms with Gasteiger partial charge in [-0.1, -0.05) is 0 Å². The Morgan fingerprint density at radius 1 is 1.50 bits per heavy atom. The SMILES string of the molecule is Cc1ccn2nc(N3CC(CN)CC3C)nc2c1. The van der Waals surface area contributed by atoms with Crippen molar-refractivity contribution in [2.45, 2.75) is 26.3 Å². The number of nitrogens with zero attached hydrogens (tertiary/aromatic N) is 4. The number of hydrogen-bond donors (Lipinski definition) is 1. The lowest BCUT2D eigenvalue weighted by atomic mass is 10.1. The Hall–Kier alpha value is -1.62. The van der Waals surface area contributed by atoms with Crippen molar-refractivity contribution in [1.82, 2.24) is 14.6 Å². The van der Waals surface area contributed by atoms with Gasteiger partial charge in [-0.3, -0.25) is 0 Å². The number of rotatable bonds is 2. The zero-order valence-corrected chi connectivity index (χ0v) is 10.9. The molecule has 1 saturated heterocycles. The first kappa shape index (κ1) is 11.5. The van der Waals surface area contributed by atoms with Crippen molar-refractivity contribution in [2.24, 2.45) is 11.7 Å². The number of aromatic nitrogens is 3. The lowest BCUT2D eigenvalue weighted by Crippen LogP contribution is -2.28. The van der Waals surface area contributed by atoms with Gasteiger partial charge in [0, 0.05) is 18.8 Å². The summed E-state index contributed by atoms with van der Waals surface area (Å²) in [6, 6.07) is 4.57. The number of hydrogen-bond acceptors (Lipinski definition) is 4. The molecule has 3 rings (SSSR count). The highest BCUT2D eigenvalue weighted by atomic mass is 15.4. The average molecular weight is 245 g/mol. The summed E-state index contributed by atoms with van der Waals surface area (Å²) in [4.78, 5) is 6.88. The highest BCUT2D eigenvalue weighted by Gasteiger charge is 2.30. The fourth-order valence-corrected chi connectivity index (χ4v) is 2.69. The molecule has 0 saturated carbocycles. The van der Waals surface area contributed by atoms with E-state index in [2.05, 4.69) is 34.9 Å². The van der Waals surface area contributed by atoms with Crippen LogP contribution in [0, 0.1) is 12.8 Å². The second kappa shape index (κ2) is 4.24. The van der Waals surface area contributed by atoms with E-state index in [9.17, 15) is 0 Å². The molecule has 2 aromatic heterocycles. The quantitative estimate of drug-likeness (QED) is 0.864. The second-order valence-corrected chi connectivity index (χ2v) is 5.26.